The highest BCUT2D eigenvalue weighted by atomic mass is 16.1. The van der Waals surface area contributed by atoms with Crippen LogP contribution in [0.2, 0.25) is 0 Å². The van der Waals surface area contributed by atoms with E-state index in [4.69, 9.17) is 0 Å². The number of carbonyl (C=O) groups is 2. The van der Waals surface area contributed by atoms with Crippen molar-refractivity contribution in [3.8, 4) is 0 Å². The summed E-state index contributed by atoms with van der Waals surface area (Å²) < 4.78 is 1.65. The van der Waals surface area contributed by atoms with Gasteiger partial charge in [-0.3, -0.25) is 9.59 Å². The minimum Gasteiger partial charge on any atom is -0.349 e. The van der Waals surface area contributed by atoms with Gasteiger partial charge in [-0.05, 0) is 13.1 Å². The quantitative estimate of drug-likeness (QED) is 0.556. The molecule has 1 heterocycles. The molecule has 0 aliphatic carbocycles. The molecule has 0 aliphatic rings. The number of hydrogen-bond donors (Lipinski definition) is 0. The zero-order valence-corrected chi connectivity index (χ0v) is 11.6. The Morgan fingerprint density at radius 2 is 2.16 bits per heavy atom. The molecule has 102 valence electrons. The van der Waals surface area contributed by atoms with Gasteiger partial charge in [0.15, 0.2) is 17.4 Å². The molecule has 0 saturated carbocycles. The van der Waals surface area contributed by atoms with E-state index in [1.54, 1.807) is 42.2 Å². The maximum atomic E-state index is 11.9. The number of likely N-dealkylation sites (N-methyl/N-ethyl adjacent to an activating group) is 1. The molecule has 1 aromatic rings. The highest BCUT2D eigenvalue weighted by Crippen LogP contribution is 2.08. The number of ketones is 2. The molecule has 5 heteroatoms. The second-order valence-corrected chi connectivity index (χ2v) is 4.25. The van der Waals surface area contributed by atoms with Gasteiger partial charge in [0, 0.05) is 39.3 Å². The van der Waals surface area contributed by atoms with Crippen molar-refractivity contribution in [2.24, 2.45) is 7.05 Å². The van der Waals surface area contributed by atoms with E-state index in [1.165, 1.54) is 0 Å². The number of aryl methyl sites for hydroxylation is 1. The summed E-state index contributed by atoms with van der Waals surface area (Å²) in [5.41, 5.74) is 0.380. The summed E-state index contributed by atoms with van der Waals surface area (Å²) in [4.78, 5) is 29.3. The first kappa shape index (κ1) is 14.9. The second kappa shape index (κ2) is 6.68. The summed E-state index contributed by atoms with van der Waals surface area (Å²) in [5.74, 6) is 0.103. The molecule has 19 heavy (non-hydrogen) atoms. The molecular formula is C14H19N3O2. The molecule has 0 saturated heterocycles. The van der Waals surface area contributed by atoms with Gasteiger partial charge in [-0.2, -0.15) is 0 Å². The Hall–Kier alpha value is -2.17. The van der Waals surface area contributed by atoms with E-state index in [0.29, 0.717) is 11.5 Å². The fraction of sp³-hybridized carbons (Fsp3) is 0.357. The summed E-state index contributed by atoms with van der Waals surface area (Å²) in [5, 5.41) is 0. The lowest BCUT2D eigenvalue weighted by molar-refractivity contribution is -0.116. The van der Waals surface area contributed by atoms with Gasteiger partial charge in [-0.25, -0.2) is 4.98 Å². The van der Waals surface area contributed by atoms with Gasteiger partial charge in [0.25, 0.3) is 0 Å². The fourth-order valence-electron chi connectivity index (χ4n) is 1.63. The van der Waals surface area contributed by atoms with Crippen molar-refractivity contribution in [1.29, 1.82) is 0 Å². The summed E-state index contributed by atoms with van der Waals surface area (Å²) in [6, 6.07) is 0. The number of rotatable bonds is 7. The van der Waals surface area contributed by atoms with Crippen LogP contribution in [0.3, 0.4) is 0 Å². The van der Waals surface area contributed by atoms with Gasteiger partial charge in [0.1, 0.15) is 0 Å². The van der Waals surface area contributed by atoms with E-state index in [2.05, 4.69) is 11.6 Å². The average molecular weight is 261 g/mol. The second-order valence-electron chi connectivity index (χ2n) is 4.25. The molecule has 0 amide bonds. The van der Waals surface area contributed by atoms with Crippen molar-refractivity contribution in [2.75, 3.05) is 7.05 Å². The first-order chi connectivity index (χ1) is 8.97. The monoisotopic (exact) mass is 261 g/mol. The van der Waals surface area contributed by atoms with Crippen LogP contribution in [-0.4, -0.2) is 33.1 Å². The van der Waals surface area contributed by atoms with Gasteiger partial charge in [-0.1, -0.05) is 12.7 Å². The number of hydrogen-bond acceptors (Lipinski definition) is 4. The van der Waals surface area contributed by atoms with Crippen molar-refractivity contribution in [3.63, 3.8) is 0 Å². The van der Waals surface area contributed by atoms with Crippen LogP contribution in [-0.2, 0) is 11.8 Å². The highest BCUT2D eigenvalue weighted by molar-refractivity contribution is 5.99. The van der Waals surface area contributed by atoms with Crippen LogP contribution in [0.1, 0.15) is 30.4 Å². The van der Waals surface area contributed by atoms with Gasteiger partial charge in [0.2, 0.25) is 0 Å². The van der Waals surface area contributed by atoms with Gasteiger partial charge < -0.3 is 9.47 Å². The molecule has 0 aliphatic heterocycles. The van der Waals surface area contributed by atoms with Crippen LogP contribution in [0.4, 0.5) is 0 Å². The Morgan fingerprint density at radius 3 is 2.68 bits per heavy atom. The summed E-state index contributed by atoms with van der Waals surface area (Å²) in [6.45, 7) is 5.58. The average Bonchev–Trinajstić information content (AvgIpc) is 2.81. The standard InChI is InChI=1S/C14H19N3O2/c1-5-9-16(3)11(2)12(18)6-7-13(19)14-15-8-10-17(14)4/h5,8-10H,2,6-7H2,1,3-4H3/b9-5-. The Kier molecular flexibility index (Phi) is 5.23. The SMILES string of the molecule is C=C(C(=O)CCC(=O)c1nccn1C)N(C)/C=C\C. The Labute approximate surface area is 113 Å². The van der Waals surface area contributed by atoms with Crippen LogP contribution >= 0.6 is 0 Å². The van der Waals surface area contributed by atoms with Crippen molar-refractivity contribution in [2.45, 2.75) is 19.8 Å². The minimum absolute atomic E-state index is 0.136. The third kappa shape index (κ3) is 3.91. The first-order valence-electron chi connectivity index (χ1n) is 6.05. The molecule has 5 nitrogen and oxygen atoms in total. The number of carbonyl (C=O) groups excluding carboxylic acids is 2. The lowest BCUT2D eigenvalue weighted by Crippen LogP contribution is -2.18. The van der Waals surface area contributed by atoms with Gasteiger partial charge >= 0.3 is 0 Å². The molecule has 0 aromatic carbocycles. The van der Waals surface area contributed by atoms with E-state index >= 15 is 0 Å². The highest BCUT2D eigenvalue weighted by Gasteiger charge is 2.15. The minimum atomic E-state index is -0.137. The molecule has 0 spiro atoms. The fourth-order valence-corrected chi connectivity index (χ4v) is 1.63. The van der Waals surface area contributed by atoms with Gasteiger partial charge in [-0.15, -0.1) is 0 Å². The number of imidazole rings is 1. The van der Waals surface area contributed by atoms with Crippen molar-refractivity contribution in [1.82, 2.24) is 14.5 Å². The number of nitrogens with zero attached hydrogens (tertiary/aromatic N) is 3. The third-order valence-electron chi connectivity index (χ3n) is 2.77. The van der Waals surface area contributed by atoms with Crippen LogP contribution < -0.4 is 0 Å². The third-order valence-corrected chi connectivity index (χ3v) is 2.77. The zero-order chi connectivity index (χ0) is 14.4. The zero-order valence-electron chi connectivity index (χ0n) is 11.6. The van der Waals surface area contributed by atoms with Crippen molar-refractivity contribution in [3.05, 3.63) is 42.8 Å². The van der Waals surface area contributed by atoms with E-state index < -0.39 is 0 Å². The van der Waals surface area contributed by atoms with E-state index in [0.717, 1.165) is 0 Å². The largest absolute Gasteiger partial charge is 0.349 e. The number of allylic oxidation sites excluding steroid dienone is 2. The molecule has 0 fully saturated rings. The van der Waals surface area contributed by atoms with Crippen molar-refractivity contribution < 1.29 is 9.59 Å². The molecule has 1 rings (SSSR count). The Balaban J connectivity index is 2.53. The summed E-state index contributed by atoms with van der Waals surface area (Å²) in [6.07, 6.45) is 7.12. The molecular weight excluding hydrogens is 242 g/mol. The predicted octanol–water partition coefficient (Wildman–Crippen LogP) is 1.93. The lowest BCUT2D eigenvalue weighted by atomic mass is 10.1. The van der Waals surface area contributed by atoms with E-state index in [9.17, 15) is 9.59 Å². The van der Waals surface area contributed by atoms with Crippen LogP contribution in [0.25, 0.3) is 0 Å². The maximum absolute atomic E-state index is 11.9. The van der Waals surface area contributed by atoms with Gasteiger partial charge in [0.05, 0.1) is 5.70 Å². The smallest absolute Gasteiger partial charge is 0.198 e. The molecule has 0 unspecified atom stereocenters. The maximum Gasteiger partial charge on any atom is 0.198 e. The van der Waals surface area contributed by atoms with Crippen LogP contribution in [0.15, 0.2) is 36.9 Å². The Bertz CT molecular complexity index is 515. The summed E-state index contributed by atoms with van der Waals surface area (Å²) in [7, 11) is 3.50. The summed E-state index contributed by atoms with van der Waals surface area (Å²) >= 11 is 0. The first-order valence-corrected chi connectivity index (χ1v) is 6.05. The lowest BCUT2D eigenvalue weighted by Gasteiger charge is -2.15. The van der Waals surface area contributed by atoms with E-state index in [-0.39, 0.29) is 24.4 Å². The molecule has 0 atom stereocenters. The predicted molar refractivity (Wildman–Crippen MR) is 73.5 cm³/mol. The molecule has 0 radical (unpaired) electrons. The van der Waals surface area contributed by atoms with E-state index in [1.807, 2.05) is 13.0 Å². The number of Topliss-reactive ketones (excluding diaryl/α,β-unsaturated/α-hetero) is 2. The number of aromatic nitrogens is 2. The van der Waals surface area contributed by atoms with Crippen LogP contribution in [0, 0.1) is 0 Å². The van der Waals surface area contributed by atoms with Crippen LogP contribution in [0.5, 0.6) is 0 Å². The molecule has 0 bridgehead atoms. The topological polar surface area (TPSA) is 55.2 Å². The van der Waals surface area contributed by atoms with Crippen molar-refractivity contribution >= 4 is 11.6 Å². The molecule has 1 aromatic heterocycles. The normalized spacial score (nSPS) is 10.7. The Morgan fingerprint density at radius 1 is 1.47 bits per heavy atom. The molecule has 0 N–H and O–H groups in total.